The molecule has 0 bridgehead atoms. The lowest BCUT2D eigenvalue weighted by Gasteiger charge is -2.14. The SMILES string of the molecule is C=C(F)/C=C(/OCc1nccs1)C(=C)C(C)C. The molecule has 1 aromatic rings. The highest BCUT2D eigenvalue weighted by Gasteiger charge is 2.10. The highest BCUT2D eigenvalue weighted by Crippen LogP contribution is 2.22. The first-order chi connectivity index (χ1) is 8.00. The van der Waals surface area contributed by atoms with Gasteiger partial charge in [-0.1, -0.05) is 27.0 Å². The van der Waals surface area contributed by atoms with Crippen molar-refractivity contribution in [2.24, 2.45) is 5.92 Å². The van der Waals surface area contributed by atoms with Gasteiger partial charge in [-0.05, 0) is 11.5 Å². The molecule has 1 aromatic heterocycles. The summed E-state index contributed by atoms with van der Waals surface area (Å²) in [5, 5.41) is 2.71. The third-order valence-corrected chi connectivity index (χ3v) is 2.89. The average Bonchev–Trinajstić information content (AvgIpc) is 2.75. The molecular weight excluding hydrogens is 237 g/mol. The molecular formula is C13H16FNOS. The van der Waals surface area contributed by atoms with Gasteiger partial charge in [-0.2, -0.15) is 0 Å². The number of allylic oxidation sites excluding steroid dienone is 3. The molecule has 0 saturated heterocycles. The first kappa shape index (κ1) is 13.6. The van der Waals surface area contributed by atoms with Crippen molar-refractivity contribution in [1.82, 2.24) is 4.98 Å². The maximum absolute atomic E-state index is 12.8. The minimum atomic E-state index is -0.541. The number of thiazole rings is 1. The van der Waals surface area contributed by atoms with E-state index >= 15 is 0 Å². The van der Waals surface area contributed by atoms with Crippen LogP contribution in [-0.2, 0) is 11.3 Å². The van der Waals surface area contributed by atoms with E-state index in [2.05, 4.69) is 18.1 Å². The first-order valence-electron chi connectivity index (χ1n) is 5.27. The van der Waals surface area contributed by atoms with Crippen LogP contribution in [0.15, 0.2) is 48.0 Å². The smallest absolute Gasteiger partial charge is 0.140 e. The van der Waals surface area contributed by atoms with Gasteiger partial charge in [0.05, 0.1) is 0 Å². The standard InChI is InChI=1S/C13H16FNOS/c1-9(2)11(4)12(7-10(3)14)16-8-13-15-5-6-17-13/h5-7,9H,3-4,8H2,1-2H3/b12-7+. The lowest BCUT2D eigenvalue weighted by molar-refractivity contribution is 0.201. The van der Waals surface area contributed by atoms with Crippen molar-refractivity contribution in [3.8, 4) is 0 Å². The fourth-order valence-electron chi connectivity index (χ4n) is 1.12. The predicted molar refractivity (Wildman–Crippen MR) is 69.2 cm³/mol. The maximum atomic E-state index is 12.8. The molecule has 4 heteroatoms. The molecule has 0 radical (unpaired) electrons. The Balaban J connectivity index is 2.71. The summed E-state index contributed by atoms with van der Waals surface area (Å²) in [7, 11) is 0. The van der Waals surface area contributed by atoms with E-state index < -0.39 is 5.83 Å². The zero-order valence-electron chi connectivity index (χ0n) is 10.1. The number of aromatic nitrogens is 1. The molecule has 0 fully saturated rings. The van der Waals surface area contributed by atoms with Crippen molar-refractivity contribution in [3.05, 3.63) is 53.0 Å². The lowest BCUT2D eigenvalue weighted by Crippen LogP contribution is -2.02. The molecule has 0 aliphatic carbocycles. The van der Waals surface area contributed by atoms with E-state index in [1.807, 2.05) is 19.2 Å². The first-order valence-corrected chi connectivity index (χ1v) is 6.15. The Morgan fingerprint density at radius 2 is 2.29 bits per heavy atom. The van der Waals surface area contributed by atoms with Crippen LogP contribution in [0, 0.1) is 5.92 Å². The summed E-state index contributed by atoms with van der Waals surface area (Å²) in [6.07, 6.45) is 2.97. The molecule has 0 aromatic carbocycles. The third-order valence-electron chi connectivity index (χ3n) is 2.14. The van der Waals surface area contributed by atoms with Gasteiger partial charge in [-0.3, -0.25) is 0 Å². The van der Waals surface area contributed by atoms with E-state index in [1.165, 1.54) is 17.4 Å². The van der Waals surface area contributed by atoms with E-state index in [0.29, 0.717) is 12.4 Å². The highest BCUT2D eigenvalue weighted by atomic mass is 32.1. The van der Waals surface area contributed by atoms with E-state index in [9.17, 15) is 4.39 Å². The zero-order valence-corrected chi connectivity index (χ0v) is 10.9. The number of halogens is 1. The highest BCUT2D eigenvalue weighted by molar-refractivity contribution is 7.09. The van der Waals surface area contributed by atoms with Crippen molar-refractivity contribution < 1.29 is 9.13 Å². The fourth-order valence-corrected chi connectivity index (χ4v) is 1.65. The van der Waals surface area contributed by atoms with Crippen molar-refractivity contribution in [2.75, 3.05) is 0 Å². The Hall–Kier alpha value is -1.42. The van der Waals surface area contributed by atoms with Crippen LogP contribution >= 0.6 is 11.3 Å². The van der Waals surface area contributed by atoms with Crippen LogP contribution in [0.4, 0.5) is 4.39 Å². The molecule has 1 rings (SSSR count). The summed E-state index contributed by atoms with van der Waals surface area (Å²) in [6, 6.07) is 0. The Morgan fingerprint density at radius 1 is 1.59 bits per heavy atom. The Labute approximate surface area is 105 Å². The van der Waals surface area contributed by atoms with E-state index in [4.69, 9.17) is 4.74 Å². The summed E-state index contributed by atoms with van der Waals surface area (Å²) < 4.78 is 18.4. The third kappa shape index (κ3) is 4.53. The van der Waals surface area contributed by atoms with Gasteiger partial charge in [0.2, 0.25) is 0 Å². The van der Waals surface area contributed by atoms with Gasteiger partial charge in [-0.25, -0.2) is 9.37 Å². The Kier molecular flexibility index (Phi) is 5.10. The molecule has 0 atom stereocenters. The second-order valence-corrected chi connectivity index (χ2v) is 4.83. The number of nitrogens with zero attached hydrogens (tertiary/aromatic N) is 1. The molecule has 0 N–H and O–H groups in total. The quantitative estimate of drug-likeness (QED) is 0.559. The molecule has 0 spiro atoms. The number of hydrogen-bond acceptors (Lipinski definition) is 3. The maximum Gasteiger partial charge on any atom is 0.140 e. The van der Waals surface area contributed by atoms with Crippen LogP contribution in [0.1, 0.15) is 18.9 Å². The second-order valence-electron chi connectivity index (χ2n) is 3.85. The summed E-state index contributed by atoms with van der Waals surface area (Å²) in [5.74, 6) is 0.0838. The lowest BCUT2D eigenvalue weighted by atomic mass is 10.0. The average molecular weight is 253 g/mol. The minimum Gasteiger partial charge on any atom is -0.486 e. The van der Waals surface area contributed by atoms with E-state index in [1.54, 1.807) is 6.20 Å². The van der Waals surface area contributed by atoms with Gasteiger partial charge >= 0.3 is 0 Å². The van der Waals surface area contributed by atoms with Gasteiger partial charge < -0.3 is 4.74 Å². The monoisotopic (exact) mass is 253 g/mol. The van der Waals surface area contributed by atoms with Crippen LogP contribution in [0.3, 0.4) is 0 Å². The summed E-state index contributed by atoms with van der Waals surface area (Å²) in [4.78, 5) is 4.09. The molecule has 0 saturated carbocycles. The van der Waals surface area contributed by atoms with Gasteiger partial charge in [0, 0.05) is 17.7 Å². The second kappa shape index (κ2) is 6.35. The summed E-state index contributed by atoms with van der Waals surface area (Å²) >= 11 is 1.49. The molecule has 1 heterocycles. The van der Waals surface area contributed by atoms with Crippen molar-refractivity contribution in [2.45, 2.75) is 20.5 Å². The molecule has 0 amide bonds. The van der Waals surface area contributed by atoms with E-state index in [0.717, 1.165) is 10.6 Å². The van der Waals surface area contributed by atoms with Gasteiger partial charge in [0.15, 0.2) is 0 Å². The van der Waals surface area contributed by atoms with Gasteiger partial charge in [0.1, 0.15) is 23.2 Å². The fraction of sp³-hybridized carbons (Fsp3) is 0.308. The van der Waals surface area contributed by atoms with Crippen LogP contribution in [0.5, 0.6) is 0 Å². The molecule has 92 valence electrons. The van der Waals surface area contributed by atoms with Crippen LogP contribution in [0.25, 0.3) is 0 Å². The molecule has 0 aliphatic rings. The number of hydrogen-bond donors (Lipinski definition) is 0. The van der Waals surface area contributed by atoms with Gasteiger partial charge in [-0.15, -0.1) is 11.3 Å². The summed E-state index contributed by atoms with van der Waals surface area (Å²) in [5.41, 5.74) is 0.750. The predicted octanol–water partition coefficient (Wildman–Crippen LogP) is 4.24. The normalized spacial score (nSPS) is 11.6. The van der Waals surface area contributed by atoms with Crippen molar-refractivity contribution in [1.29, 1.82) is 0 Å². The topological polar surface area (TPSA) is 22.1 Å². The Bertz CT molecular complexity index is 421. The van der Waals surface area contributed by atoms with Crippen LogP contribution < -0.4 is 0 Å². The largest absolute Gasteiger partial charge is 0.486 e. The van der Waals surface area contributed by atoms with Crippen LogP contribution in [-0.4, -0.2) is 4.98 Å². The van der Waals surface area contributed by atoms with Crippen LogP contribution in [0.2, 0.25) is 0 Å². The molecule has 17 heavy (non-hydrogen) atoms. The molecule has 0 aliphatic heterocycles. The zero-order chi connectivity index (χ0) is 12.8. The van der Waals surface area contributed by atoms with Crippen molar-refractivity contribution >= 4 is 11.3 Å². The summed E-state index contributed by atoms with van der Waals surface area (Å²) in [6.45, 7) is 11.4. The number of ether oxygens (including phenoxy) is 1. The number of rotatable bonds is 6. The molecule has 0 unspecified atom stereocenters. The van der Waals surface area contributed by atoms with Crippen molar-refractivity contribution in [3.63, 3.8) is 0 Å². The minimum absolute atomic E-state index is 0.192. The molecule has 2 nitrogen and oxygen atoms in total. The Morgan fingerprint density at radius 3 is 2.76 bits per heavy atom. The van der Waals surface area contributed by atoms with E-state index in [-0.39, 0.29) is 5.92 Å². The van der Waals surface area contributed by atoms with Gasteiger partial charge in [0.25, 0.3) is 0 Å².